The van der Waals surface area contributed by atoms with Gasteiger partial charge in [0.25, 0.3) is 0 Å². The molecule has 1 rings (SSSR count). The maximum Gasteiger partial charge on any atom is 0.158 e. The molecule has 82 valence electrons. The fourth-order valence-electron chi connectivity index (χ4n) is 1.25. The van der Waals surface area contributed by atoms with Gasteiger partial charge in [0.1, 0.15) is 11.7 Å². The second-order valence-electron chi connectivity index (χ2n) is 3.16. The van der Waals surface area contributed by atoms with Crippen molar-refractivity contribution in [3.63, 3.8) is 0 Å². The van der Waals surface area contributed by atoms with Gasteiger partial charge in [-0.15, -0.1) is 0 Å². The first kappa shape index (κ1) is 13.3. The summed E-state index contributed by atoms with van der Waals surface area (Å²) in [6.07, 6.45) is -1.68. The lowest BCUT2D eigenvalue weighted by molar-refractivity contribution is 0.253. The molecule has 0 heterocycles. The largest absolute Gasteiger partial charge is 0.239 e. The van der Waals surface area contributed by atoms with E-state index in [1.807, 2.05) is 13.8 Å². The molecule has 0 saturated carbocycles. The molecule has 0 aromatic heterocycles. The third kappa shape index (κ3) is 2.20. The van der Waals surface area contributed by atoms with Crippen LogP contribution in [0.4, 0.5) is 13.2 Å². The number of alkyl halides is 1. The zero-order valence-electron chi connectivity index (χ0n) is 9.29. The van der Waals surface area contributed by atoms with Crippen molar-refractivity contribution in [2.24, 2.45) is 5.92 Å². The van der Waals surface area contributed by atoms with Crippen molar-refractivity contribution in [2.75, 3.05) is 0 Å². The van der Waals surface area contributed by atoms with Gasteiger partial charge >= 0.3 is 0 Å². The van der Waals surface area contributed by atoms with E-state index in [0.717, 1.165) is 0 Å². The number of rotatable bonds is 0. The second-order valence-corrected chi connectivity index (χ2v) is 3.16. The predicted molar refractivity (Wildman–Crippen MR) is 53.0 cm³/mol. The van der Waals surface area contributed by atoms with Crippen LogP contribution in [0.5, 0.6) is 0 Å². The monoisotopic (exact) mass is 206 g/mol. The van der Waals surface area contributed by atoms with Crippen molar-refractivity contribution in [1.82, 2.24) is 0 Å². The van der Waals surface area contributed by atoms with Crippen molar-refractivity contribution < 1.29 is 13.2 Å². The third-order valence-corrected chi connectivity index (χ3v) is 2.40. The normalized spacial score (nSPS) is 27.4. The molecule has 0 amide bonds. The first-order valence-electron chi connectivity index (χ1n) is 4.83. The van der Waals surface area contributed by atoms with Crippen LogP contribution in [0.2, 0.25) is 0 Å². The predicted octanol–water partition coefficient (Wildman–Crippen LogP) is 4.49. The molecule has 0 N–H and O–H groups in total. The average molecular weight is 206 g/mol. The summed E-state index contributed by atoms with van der Waals surface area (Å²) in [5.41, 5.74) is 0.0968. The fourth-order valence-corrected chi connectivity index (χ4v) is 1.25. The molecule has 0 fully saturated rings. The summed E-state index contributed by atoms with van der Waals surface area (Å²) >= 11 is 0. The molecule has 1 aliphatic rings. The van der Waals surface area contributed by atoms with Gasteiger partial charge < -0.3 is 0 Å². The average Bonchev–Trinajstić information content (AvgIpc) is 2.24. The van der Waals surface area contributed by atoms with Crippen LogP contribution in [0.25, 0.3) is 0 Å². The summed E-state index contributed by atoms with van der Waals surface area (Å²) in [6, 6.07) is 0. The van der Waals surface area contributed by atoms with Crippen LogP contribution in [-0.2, 0) is 0 Å². The molecule has 0 bridgehead atoms. The Morgan fingerprint density at radius 3 is 1.93 bits per heavy atom. The van der Waals surface area contributed by atoms with Gasteiger partial charge in [-0.3, -0.25) is 0 Å². The Morgan fingerprint density at radius 1 is 1.07 bits per heavy atom. The number of hydrogen-bond acceptors (Lipinski definition) is 0. The zero-order valence-corrected chi connectivity index (χ0v) is 9.29. The summed E-state index contributed by atoms with van der Waals surface area (Å²) in [5, 5.41) is 0. The van der Waals surface area contributed by atoms with E-state index >= 15 is 0 Å². The van der Waals surface area contributed by atoms with Gasteiger partial charge in [0.05, 0.1) is 0 Å². The van der Waals surface area contributed by atoms with Crippen molar-refractivity contribution in [3.8, 4) is 0 Å². The van der Waals surface area contributed by atoms with Crippen LogP contribution in [-0.4, -0.2) is 6.17 Å². The first-order valence-corrected chi connectivity index (χ1v) is 4.83. The number of halogens is 3. The third-order valence-electron chi connectivity index (χ3n) is 2.40. The van der Waals surface area contributed by atoms with E-state index in [-0.39, 0.29) is 5.57 Å². The summed E-state index contributed by atoms with van der Waals surface area (Å²) in [5.74, 6) is -2.26. The molecule has 0 aromatic rings. The Labute approximate surface area is 83.5 Å². The first-order chi connectivity index (χ1) is 6.46. The SMILES string of the molecule is CC.CC1=C(F)C(F)C(C)C(C)=C1F. The molecular formula is C11H17F3. The van der Waals surface area contributed by atoms with Gasteiger partial charge in [0.15, 0.2) is 6.17 Å². The van der Waals surface area contributed by atoms with Crippen LogP contribution in [0.3, 0.4) is 0 Å². The van der Waals surface area contributed by atoms with Crippen molar-refractivity contribution in [1.29, 1.82) is 0 Å². The Balaban J connectivity index is 0.000000791. The highest BCUT2D eigenvalue weighted by atomic mass is 19.2. The molecule has 3 heteroatoms. The van der Waals surface area contributed by atoms with Crippen molar-refractivity contribution >= 4 is 0 Å². The lowest BCUT2D eigenvalue weighted by Gasteiger charge is -2.23. The van der Waals surface area contributed by atoms with Gasteiger partial charge in [-0.1, -0.05) is 20.8 Å². The Hall–Kier alpha value is -0.730. The van der Waals surface area contributed by atoms with Crippen molar-refractivity contribution in [2.45, 2.75) is 40.8 Å². The van der Waals surface area contributed by atoms with Gasteiger partial charge in [-0.25, -0.2) is 13.2 Å². The Bertz CT molecular complexity index is 236. The Kier molecular flexibility index (Phi) is 4.95. The smallest absolute Gasteiger partial charge is 0.158 e. The quantitative estimate of drug-likeness (QED) is 0.548. The van der Waals surface area contributed by atoms with E-state index < -0.39 is 23.7 Å². The van der Waals surface area contributed by atoms with Gasteiger partial charge in [-0.05, 0) is 19.4 Å². The van der Waals surface area contributed by atoms with Crippen LogP contribution < -0.4 is 0 Å². The second kappa shape index (κ2) is 5.23. The van der Waals surface area contributed by atoms with E-state index in [0.29, 0.717) is 5.57 Å². The van der Waals surface area contributed by atoms with E-state index in [9.17, 15) is 13.2 Å². The molecule has 2 unspecified atom stereocenters. The molecule has 0 saturated heterocycles. The summed E-state index contributed by atoms with van der Waals surface area (Å²) in [7, 11) is 0. The molecular weight excluding hydrogens is 189 g/mol. The minimum absolute atomic E-state index is 0.196. The van der Waals surface area contributed by atoms with Crippen LogP contribution in [0.1, 0.15) is 34.6 Å². The number of allylic oxidation sites excluding steroid dienone is 4. The topological polar surface area (TPSA) is 0 Å². The molecule has 2 atom stereocenters. The minimum atomic E-state index is -1.68. The molecule has 1 aliphatic carbocycles. The molecule has 0 nitrogen and oxygen atoms in total. The lowest BCUT2D eigenvalue weighted by Crippen LogP contribution is -2.20. The molecule has 0 aromatic carbocycles. The van der Waals surface area contributed by atoms with Gasteiger partial charge in [-0.2, -0.15) is 0 Å². The van der Waals surface area contributed by atoms with Crippen LogP contribution in [0.15, 0.2) is 22.8 Å². The standard InChI is InChI=1S/C9H11F3.C2H6/c1-4-5(2)8(11)9(12)6(3)7(4)10;1-2/h5,8H,1-3H3;1-2H3. The van der Waals surface area contributed by atoms with Crippen molar-refractivity contribution in [3.05, 3.63) is 22.8 Å². The lowest BCUT2D eigenvalue weighted by atomic mass is 9.88. The van der Waals surface area contributed by atoms with E-state index in [4.69, 9.17) is 0 Å². The molecule has 0 spiro atoms. The van der Waals surface area contributed by atoms with Gasteiger partial charge in [0.2, 0.25) is 0 Å². The molecule has 0 radical (unpaired) electrons. The highest BCUT2D eigenvalue weighted by molar-refractivity contribution is 5.37. The van der Waals surface area contributed by atoms with Crippen LogP contribution in [0, 0.1) is 5.92 Å². The molecule has 0 aliphatic heterocycles. The summed E-state index contributed by atoms with van der Waals surface area (Å²) in [4.78, 5) is 0. The summed E-state index contributed by atoms with van der Waals surface area (Å²) in [6.45, 7) is 8.22. The maximum atomic E-state index is 13.1. The number of hydrogen-bond donors (Lipinski definition) is 0. The van der Waals surface area contributed by atoms with E-state index in [2.05, 4.69) is 0 Å². The highest BCUT2D eigenvalue weighted by Gasteiger charge is 2.32. The Morgan fingerprint density at radius 2 is 1.50 bits per heavy atom. The highest BCUT2D eigenvalue weighted by Crippen LogP contribution is 2.37. The fraction of sp³-hybridized carbons (Fsp3) is 0.636. The summed E-state index contributed by atoms with van der Waals surface area (Å²) < 4.78 is 38.9. The molecule has 14 heavy (non-hydrogen) atoms. The van der Waals surface area contributed by atoms with Crippen LogP contribution >= 0.6 is 0 Å². The maximum absolute atomic E-state index is 13.1. The minimum Gasteiger partial charge on any atom is -0.239 e. The van der Waals surface area contributed by atoms with E-state index in [1.54, 1.807) is 0 Å². The zero-order chi connectivity index (χ0) is 11.5. The van der Waals surface area contributed by atoms with Gasteiger partial charge in [0, 0.05) is 11.5 Å². The van der Waals surface area contributed by atoms with E-state index in [1.165, 1.54) is 20.8 Å².